The van der Waals surface area contributed by atoms with Gasteiger partial charge < -0.3 is 15.1 Å². The molecule has 6 heteroatoms. The van der Waals surface area contributed by atoms with E-state index in [1.807, 2.05) is 9.80 Å². The summed E-state index contributed by atoms with van der Waals surface area (Å²) in [5, 5.41) is 3.10. The molecule has 1 aromatic rings. The molecule has 0 saturated carbocycles. The first-order valence-electron chi connectivity index (χ1n) is 7.61. The second-order valence-corrected chi connectivity index (χ2v) is 5.89. The highest BCUT2D eigenvalue weighted by Crippen LogP contribution is 2.23. The van der Waals surface area contributed by atoms with Gasteiger partial charge in [-0.05, 0) is 25.1 Å². The van der Waals surface area contributed by atoms with E-state index in [2.05, 4.69) is 5.32 Å². The minimum atomic E-state index is -0.379. The SMILES string of the molecule is CC(=O)c1ccc(N2CCN(C(=O)C3CNC3)CC2)c(F)c1. The Hall–Kier alpha value is -1.95. The molecule has 2 aliphatic heterocycles. The lowest BCUT2D eigenvalue weighted by molar-refractivity contribution is -0.137. The molecule has 2 fully saturated rings. The summed E-state index contributed by atoms with van der Waals surface area (Å²) in [6, 6.07) is 4.59. The molecule has 0 aliphatic carbocycles. The van der Waals surface area contributed by atoms with Crippen LogP contribution in [0.1, 0.15) is 17.3 Å². The quantitative estimate of drug-likeness (QED) is 0.843. The molecule has 3 rings (SSSR count). The zero-order valence-electron chi connectivity index (χ0n) is 12.6. The summed E-state index contributed by atoms with van der Waals surface area (Å²) in [6.45, 7) is 5.41. The Balaban J connectivity index is 1.63. The average molecular weight is 305 g/mol. The fourth-order valence-electron chi connectivity index (χ4n) is 2.87. The molecule has 0 atom stereocenters. The zero-order valence-corrected chi connectivity index (χ0v) is 12.6. The summed E-state index contributed by atoms with van der Waals surface area (Å²) in [5.74, 6) is -0.213. The molecule has 1 aromatic carbocycles. The van der Waals surface area contributed by atoms with Crippen molar-refractivity contribution in [3.05, 3.63) is 29.6 Å². The van der Waals surface area contributed by atoms with Crippen LogP contribution in [0.3, 0.4) is 0 Å². The molecule has 5 nitrogen and oxygen atoms in total. The standard InChI is InChI=1S/C16H20FN3O2/c1-11(21)12-2-3-15(14(17)8-12)19-4-6-20(7-5-19)16(22)13-9-18-10-13/h2-3,8,13,18H,4-7,9-10H2,1H3. The lowest BCUT2D eigenvalue weighted by Crippen LogP contribution is -2.56. The Morgan fingerprint density at radius 2 is 1.86 bits per heavy atom. The van der Waals surface area contributed by atoms with Gasteiger partial charge in [0, 0.05) is 44.8 Å². The minimum absolute atomic E-state index is 0.109. The van der Waals surface area contributed by atoms with Crippen LogP contribution in [0.15, 0.2) is 18.2 Å². The van der Waals surface area contributed by atoms with Crippen LogP contribution >= 0.6 is 0 Å². The number of carbonyl (C=O) groups is 2. The van der Waals surface area contributed by atoms with Crippen LogP contribution < -0.4 is 10.2 Å². The van der Waals surface area contributed by atoms with Gasteiger partial charge in [0.05, 0.1) is 11.6 Å². The molecule has 0 unspecified atom stereocenters. The molecular weight excluding hydrogens is 285 g/mol. The van der Waals surface area contributed by atoms with Gasteiger partial charge in [-0.2, -0.15) is 0 Å². The third-order valence-corrected chi connectivity index (χ3v) is 4.42. The van der Waals surface area contributed by atoms with Crippen LogP contribution in [-0.2, 0) is 4.79 Å². The van der Waals surface area contributed by atoms with Crippen molar-refractivity contribution < 1.29 is 14.0 Å². The van der Waals surface area contributed by atoms with E-state index in [-0.39, 0.29) is 23.4 Å². The van der Waals surface area contributed by atoms with E-state index in [0.717, 1.165) is 13.1 Å². The fraction of sp³-hybridized carbons (Fsp3) is 0.500. The van der Waals surface area contributed by atoms with E-state index in [1.165, 1.54) is 13.0 Å². The first-order valence-corrected chi connectivity index (χ1v) is 7.61. The maximum absolute atomic E-state index is 14.2. The second kappa shape index (κ2) is 6.04. The van der Waals surface area contributed by atoms with E-state index in [1.54, 1.807) is 12.1 Å². The highest BCUT2D eigenvalue weighted by molar-refractivity contribution is 5.94. The van der Waals surface area contributed by atoms with Gasteiger partial charge in [0.1, 0.15) is 5.82 Å². The van der Waals surface area contributed by atoms with E-state index < -0.39 is 0 Å². The number of rotatable bonds is 3. The van der Waals surface area contributed by atoms with Crippen molar-refractivity contribution in [1.29, 1.82) is 0 Å². The Morgan fingerprint density at radius 1 is 1.18 bits per heavy atom. The highest BCUT2D eigenvalue weighted by Gasteiger charge is 2.31. The van der Waals surface area contributed by atoms with Crippen molar-refractivity contribution >= 4 is 17.4 Å². The van der Waals surface area contributed by atoms with Crippen molar-refractivity contribution in [2.45, 2.75) is 6.92 Å². The predicted octanol–water partition coefficient (Wildman–Crippen LogP) is 0.896. The molecule has 0 bridgehead atoms. The molecule has 0 spiro atoms. The zero-order chi connectivity index (χ0) is 15.7. The first-order chi connectivity index (χ1) is 10.6. The van der Waals surface area contributed by atoms with E-state index in [9.17, 15) is 14.0 Å². The van der Waals surface area contributed by atoms with Crippen molar-refractivity contribution in [2.75, 3.05) is 44.2 Å². The number of nitrogens with zero attached hydrogens (tertiary/aromatic N) is 2. The van der Waals surface area contributed by atoms with E-state index in [0.29, 0.717) is 37.4 Å². The molecule has 2 saturated heterocycles. The van der Waals surface area contributed by atoms with Crippen molar-refractivity contribution in [1.82, 2.24) is 10.2 Å². The van der Waals surface area contributed by atoms with Gasteiger partial charge in [-0.3, -0.25) is 9.59 Å². The van der Waals surface area contributed by atoms with Gasteiger partial charge >= 0.3 is 0 Å². The smallest absolute Gasteiger partial charge is 0.228 e. The molecule has 0 radical (unpaired) electrons. The monoisotopic (exact) mass is 305 g/mol. The lowest BCUT2D eigenvalue weighted by Gasteiger charge is -2.39. The molecule has 1 N–H and O–H groups in total. The van der Waals surface area contributed by atoms with Crippen LogP contribution in [0.4, 0.5) is 10.1 Å². The van der Waals surface area contributed by atoms with Gasteiger partial charge in [0.15, 0.2) is 5.78 Å². The van der Waals surface area contributed by atoms with Crippen LogP contribution in [-0.4, -0.2) is 55.9 Å². The van der Waals surface area contributed by atoms with Crippen LogP contribution in [0.2, 0.25) is 0 Å². The molecule has 0 aromatic heterocycles. The van der Waals surface area contributed by atoms with Crippen LogP contribution in [0, 0.1) is 11.7 Å². The molecular formula is C16H20FN3O2. The number of Topliss-reactive ketones (excluding diaryl/α,β-unsaturated/α-hetero) is 1. The Morgan fingerprint density at radius 3 is 2.36 bits per heavy atom. The summed E-state index contributed by atoms with van der Waals surface area (Å²) in [7, 11) is 0. The molecule has 118 valence electrons. The predicted molar refractivity (Wildman–Crippen MR) is 81.6 cm³/mol. The number of ketones is 1. The third kappa shape index (κ3) is 2.83. The number of amides is 1. The normalized spacial score (nSPS) is 19.0. The maximum Gasteiger partial charge on any atom is 0.228 e. The highest BCUT2D eigenvalue weighted by atomic mass is 19.1. The van der Waals surface area contributed by atoms with E-state index >= 15 is 0 Å². The lowest BCUT2D eigenvalue weighted by atomic mass is 10.0. The minimum Gasteiger partial charge on any atom is -0.366 e. The van der Waals surface area contributed by atoms with Crippen molar-refractivity contribution in [3.8, 4) is 0 Å². The average Bonchev–Trinajstić information content (AvgIpc) is 2.45. The molecule has 22 heavy (non-hydrogen) atoms. The second-order valence-electron chi connectivity index (χ2n) is 5.89. The Bertz CT molecular complexity index is 593. The Kier molecular flexibility index (Phi) is 4.11. The molecule has 2 heterocycles. The molecule has 2 aliphatic rings. The third-order valence-electron chi connectivity index (χ3n) is 4.42. The maximum atomic E-state index is 14.2. The largest absolute Gasteiger partial charge is 0.366 e. The Labute approximate surface area is 129 Å². The van der Waals surface area contributed by atoms with Gasteiger partial charge in [0.25, 0.3) is 0 Å². The number of halogens is 1. The number of benzene rings is 1. The van der Waals surface area contributed by atoms with Gasteiger partial charge in [-0.15, -0.1) is 0 Å². The first kappa shape index (κ1) is 15.0. The molecule has 1 amide bonds. The fourth-order valence-corrected chi connectivity index (χ4v) is 2.87. The van der Waals surface area contributed by atoms with Gasteiger partial charge in [0.2, 0.25) is 5.91 Å². The summed E-state index contributed by atoms with van der Waals surface area (Å²) in [5.41, 5.74) is 0.884. The van der Waals surface area contributed by atoms with E-state index in [4.69, 9.17) is 0 Å². The van der Waals surface area contributed by atoms with Crippen molar-refractivity contribution in [2.24, 2.45) is 5.92 Å². The number of carbonyl (C=O) groups excluding carboxylic acids is 2. The number of nitrogens with one attached hydrogen (secondary N) is 1. The van der Waals surface area contributed by atoms with Crippen LogP contribution in [0.5, 0.6) is 0 Å². The van der Waals surface area contributed by atoms with Gasteiger partial charge in [-0.1, -0.05) is 0 Å². The van der Waals surface area contributed by atoms with Gasteiger partial charge in [-0.25, -0.2) is 4.39 Å². The summed E-state index contributed by atoms with van der Waals surface area (Å²) in [4.78, 5) is 27.2. The number of hydrogen-bond donors (Lipinski definition) is 1. The topological polar surface area (TPSA) is 52.7 Å². The summed E-state index contributed by atoms with van der Waals surface area (Å²) >= 11 is 0. The summed E-state index contributed by atoms with van der Waals surface area (Å²) < 4.78 is 14.2. The number of hydrogen-bond acceptors (Lipinski definition) is 4. The number of piperazine rings is 1. The van der Waals surface area contributed by atoms with Crippen LogP contribution in [0.25, 0.3) is 0 Å². The van der Waals surface area contributed by atoms with Crippen molar-refractivity contribution in [3.63, 3.8) is 0 Å². The summed E-state index contributed by atoms with van der Waals surface area (Å²) in [6.07, 6.45) is 0. The number of anilines is 1.